The first-order chi connectivity index (χ1) is 19.4. The molecule has 18 heteroatoms. The van der Waals surface area contributed by atoms with Crippen LogP contribution in [0.25, 0.3) is 5.65 Å². The third kappa shape index (κ3) is 5.87. The molecule has 0 aliphatic carbocycles. The van der Waals surface area contributed by atoms with Crippen LogP contribution in [0, 0.1) is 0 Å². The first-order valence-electron chi connectivity index (χ1n) is 12.0. The first kappa shape index (κ1) is 31.8. The predicted molar refractivity (Wildman–Crippen MR) is 155 cm³/mol. The molecule has 42 heavy (non-hydrogen) atoms. The van der Waals surface area contributed by atoms with E-state index in [0.717, 1.165) is 21.9 Å². The number of β-lactam (4-membered cyclic amide) rings is 1. The normalized spacial score (nSPS) is 18.7. The van der Waals surface area contributed by atoms with Crippen LogP contribution < -0.4 is 15.5 Å². The SMILES string of the molecule is CC(C)(O/N=C(\C(=O)N[C@@H]1C(=O)N2C(C(=O)O)=C(Cn3cc[n+]4ccccc34)CS[C@H]12)c1nc(N)sc1Cl)C(=O)O.[NaH]. The van der Waals surface area contributed by atoms with E-state index in [9.17, 15) is 29.4 Å². The van der Waals surface area contributed by atoms with Crippen molar-refractivity contribution in [2.24, 2.45) is 5.16 Å². The van der Waals surface area contributed by atoms with Gasteiger partial charge in [-0.2, -0.15) is 0 Å². The number of imidazole rings is 1. The summed E-state index contributed by atoms with van der Waals surface area (Å²) in [4.78, 5) is 60.6. The van der Waals surface area contributed by atoms with Gasteiger partial charge in [-0.3, -0.25) is 14.5 Å². The molecule has 1 saturated heterocycles. The molecule has 2 atom stereocenters. The summed E-state index contributed by atoms with van der Waals surface area (Å²) in [6.07, 6.45) is 5.54. The summed E-state index contributed by atoms with van der Waals surface area (Å²) in [5.74, 6) is -3.87. The number of halogens is 1. The molecular weight excluding hydrogens is 621 g/mol. The number of hydrogen-bond donors (Lipinski definition) is 4. The molecule has 0 saturated carbocycles. The Hall–Kier alpha value is -3.15. The minimum absolute atomic E-state index is 0. The van der Waals surface area contributed by atoms with Gasteiger partial charge < -0.3 is 26.1 Å². The third-order valence-electron chi connectivity index (χ3n) is 6.39. The van der Waals surface area contributed by atoms with E-state index in [0.29, 0.717) is 11.3 Å². The summed E-state index contributed by atoms with van der Waals surface area (Å²) in [5, 5.41) is 25.0. The van der Waals surface area contributed by atoms with Crippen molar-refractivity contribution in [2.75, 3.05) is 11.5 Å². The molecule has 14 nitrogen and oxygen atoms in total. The molecule has 2 amide bonds. The Labute approximate surface area is 273 Å². The number of carbonyl (C=O) groups excluding carboxylic acids is 2. The number of thioether (sulfide) groups is 1. The number of hydrogen-bond acceptors (Lipinski definition) is 10. The van der Waals surface area contributed by atoms with E-state index < -0.39 is 46.5 Å². The van der Waals surface area contributed by atoms with Crippen LogP contribution in [0.5, 0.6) is 0 Å². The second kappa shape index (κ2) is 12.2. The van der Waals surface area contributed by atoms with Crippen molar-refractivity contribution in [1.82, 2.24) is 19.8 Å². The standard InChI is InChI=1S/C24H22ClN7O7S2.Na.H/c1-24(2,22(37)38)39-29-14(13-17(25)41-23(26)28-13)18(33)27-15-19(34)32-16(21(35)36)11(10-40-20(15)32)9-31-8-7-30-6-4-3-5-12(30)31;;/h3-8,15,20H,9-10H2,1-2H3,(H4-,26,27,28,33,35,36,37,38);;/p+1/b29-14-;;/t15-,20-;;/m1../s1. The summed E-state index contributed by atoms with van der Waals surface area (Å²) >= 11 is 8.34. The van der Waals surface area contributed by atoms with Crippen LogP contribution in [0.4, 0.5) is 5.13 Å². The van der Waals surface area contributed by atoms with Crippen LogP contribution in [0.1, 0.15) is 19.5 Å². The Morgan fingerprint density at radius 3 is 2.69 bits per heavy atom. The number of fused-ring (bicyclic) bond motifs is 2. The number of nitrogen functional groups attached to an aromatic ring is 1. The van der Waals surface area contributed by atoms with E-state index in [-0.39, 0.29) is 57.0 Å². The average molecular weight is 645 g/mol. The molecule has 5 N–H and O–H groups in total. The van der Waals surface area contributed by atoms with Gasteiger partial charge >= 0.3 is 41.5 Å². The minimum atomic E-state index is -1.80. The zero-order chi connectivity index (χ0) is 29.6. The molecule has 3 aromatic rings. The van der Waals surface area contributed by atoms with E-state index in [1.54, 1.807) is 0 Å². The van der Waals surface area contributed by atoms with Gasteiger partial charge in [0.15, 0.2) is 10.8 Å². The summed E-state index contributed by atoms with van der Waals surface area (Å²) < 4.78 is 3.77. The molecule has 216 valence electrons. The van der Waals surface area contributed by atoms with E-state index >= 15 is 0 Å². The Morgan fingerprint density at radius 1 is 1.31 bits per heavy atom. The Bertz CT molecular complexity index is 1670. The van der Waals surface area contributed by atoms with Crippen LogP contribution in [-0.2, 0) is 30.6 Å². The van der Waals surface area contributed by atoms with E-state index in [1.807, 2.05) is 45.8 Å². The Kier molecular flexibility index (Phi) is 9.25. The molecular formula is C24H24ClN7NaO7S2+. The number of aromatic nitrogens is 3. The fourth-order valence-corrected chi connectivity index (χ4v) is 6.52. The number of aliphatic carboxylic acids is 2. The molecule has 0 unspecified atom stereocenters. The van der Waals surface area contributed by atoms with Crippen molar-refractivity contribution >= 4 is 105 Å². The molecule has 2 aliphatic heterocycles. The van der Waals surface area contributed by atoms with Gasteiger partial charge in [0.1, 0.15) is 46.1 Å². The number of thiazole rings is 1. The van der Waals surface area contributed by atoms with Gasteiger partial charge in [0.05, 0.1) is 6.20 Å². The number of anilines is 1. The average Bonchev–Trinajstić information content (AvgIpc) is 3.48. The van der Waals surface area contributed by atoms with Gasteiger partial charge in [0.2, 0.25) is 5.60 Å². The Morgan fingerprint density at radius 2 is 2.05 bits per heavy atom. The van der Waals surface area contributed by atoms with Crippen LogP contribution in [0.3, 0.4) is 0 Å². The summed E-state index contributed by atoms with van der Waals surface area (Å²) in [5.41, 5.74) is 4.50. The number of nitrogens with one attached hydrogen (secondary N) is 1. The van der Waals surface area contributed by atoms with Crippen molar-refractivity contribution in [3.63, 3.8) is 0 Å². The maximum absolute atomic E-state index is 13.3. The molecule has 0 aromatic carbocycles. The van der Waals surface area contributed by atoms with Crippen LogP contribution >= 0.6 is 34.7 Å². The summed E-state index contributed by atoms with van der Waals surface area (Å²) in [6, 6.07) is 4.54. The molecule has 5 rings (SSSR count). The van der Waals surface area contributed by atoms with E-state index in [2.05, 4.69) is 15.5 Å². The number of nitrogens with two attached hydrogens (primary N) is 1. The number of rotatable bonds is 9. The molecule has 2 aliphatic rings. The Balaban J connectivity index is 0.00000405. The molecule has 0 bridgehead atoms. The van der Waals surface area contributed by atoms with Gasteiger partial charge in [0, 0.05) is 17.4 Å². The predicted octanol–water partition coefficient (Wildman–Crippen LogP) is 0.293. The van der Waals surface area contributed by atoms with Crippen molar-refractivity contribution in [3.8, 4) is 0 Å². The van der Waals surface area contributed by atoms with Gasteiger partial charge in [-0.15, -0.1) is 11.8 Å². The zero-order valence-electron chi connectivity index (χ0n) is 21.5. The maximum atomic E-state index is 13.3. The second-order valence-electron chi connectivity index (χ2n) is 9.53. The van der Waals surface area contributed by atoms with Gasteiger partial charge in [-0.05, 0) is 19.9 Å². The van der Waals surface area contributed by atoms with E-state index in [4.69, 9.17) is 22.2 Å². The third-order valence-corrected chi connectivity index (χ3v) is 8.81. The number of carboxylic acids is 2. The summed E-state index contributed by atoms with van der Waals surface area (Å²) in [6.45, 7) is 2.70. The second-order valence-corrected chi connectivity index (χ2v) is 12.3. The van der Waals surface area contributed by atoms with Gasteiger partial charge in [-0.25, -0.2) is 23.5 Å². The topological polar surface area (TPSA) is 194 Å². The molecule has 0 spiro atoms. The number of pyridine rings is 1. The fraction of sp³-hybridized carbons (Fsp3) is 0.292. The van der Waals surface area contributed by atoms with Gasteiger partial charge in [-0.1, -0.05) is 34.2 Å². The van der Waals surface area contributed by atoms with Crippen LogP contribution in [0.2, 0.25) is 4.34 Å². The van der Waals surface area contributed by atoms with Gasteiger partial charge in [0.25, 0.3) is 17.5 Å². The molecule has 5 heterocycles. The fourth-order valence-electron chi connectivity index (χ4n) is 4.25. The van der Waals surface area contributed by atoms with Crippen molar-refractivity contribution < 1.29 is 38.6 Å². The molecule has 3 aromatic heterocycles. The molecule has 1 fully saturated rings. The van der Waals surface area contributed by atoms with Crippen molar-refractivity contribution in [1.29, 1.82) is 0 Å². The first-order valence-corrected chi connectivity index (χ1v) is 14.2. The molecule has 0 radical (unpaired) electrons. The number of carboxylic acid groups (broad SMARTS) is 2. The van der Waals surface area contributed by atoms with Crippen molar-refractivity contribution in [2.45, 2.75) is 37.4 Å². The van der Waals surface area contributed by atoms with Crippen LogP contribution in [-0.4, -0.2) is 106 Å². The quantitative estimate of drug-likeness (QED) is 0.0827. The number of nitrogens with zero attached hydrogens (tertiary/aromatic N) is 5. The number of carbonyl (C=O) groups is 4. The van der Waals surface area contributed by atoms with Crippen molar-refractivity contribution in [3.05, 3.63) is 58.1 Å². The monoisotopic (exact) mass is 644 g/mol. The number of oxime groups is 1. The number of amides is 2. The zero-order valence-corrected chi connectivity index (χ0v) is 23.9. The van der Waals surface area contributed by atoms with Crippen LogP contribution in [0.15, 0.2) is 53.2 Å². The van der Waals surface area contributed by atoms with E-state index in [1.165, 1.54) is 25.6 Å². The summed E-state index contributed by atoms with van der Waals surface area (Å²) in [7, 11) is 0.